The van der Waals surface area contributed by atoms with E-state index in [1.807, 2.05) is 24.3 Å². The summed E-state index contributed by atoms with van der Waals surface area (Å²) in [5.74, 6) is 0.671. The van der Waals surface area contributed by atoms with Gasteiger partial charge in [0.15, 0.2) is 0 Å². The standard InChI is InChI=1S/C15H20N4O/c16-12-5-7-19(8-6-12)9-10-20-15-13-3-1-2-4-14(13)17-11-18-15/h1-4,11-12H,5-10,16H2. The second-order valence-electron chi connectivity index (χ2n) is 5.22. The zero-order valence-electron chi connectivity index (χ0n) is 11.5. The normalized spacial score (nSPS) is 17.4. The van der Waals surface area contributed by atoms with Crippen molar-refractivity contribution in [1.29, 1.82) is 0 Å². The molecule has 1 saturated heterocycles. The molecule has 1 fully saturated rings. The molecule has 1 aliphatic heterocycles. The van der Waals surface area contributed by atoms with E-state index in [1.165, 1.54) is 0 Å². The van der Waals surface area contributed by atoms with Crippen LogP contribution in [0.5, 0.6) is 5.88 Å². The number of nitrogens with two attached hydrogens (primary N) is 1. The van der Waals surface area contributed by atoms with Crippen molar-refractivity contribution in [3.8, 4) is 5.88 Å². The lowest BCUT2D eigenvalue weighted by atomic mass is 10.1. The van der Waals surface area contributed by atoms with Gasteiger partial charge in [0.2, 0.25) is 5.88 Å². The first-order valence-corrected chi connectivity index (χ1v) is 7.13. The van der Waals surface area contributed by atoms with Crippen molar-refractivity contribution in [2.24, 2.45) is 5.73 Å². The summed E-state index contributed by atoms with van der Waals surface area (Å²) in [5, 5.41) is 0.968. The van der Waals surface area contributed by atoms with Crippen LogP contribution < -0.4 is 10.5 Å². The van der Waals surface area contributed by atoms with Gasteiger partial charge >= 0.3 is 0 Å². The van der Waals surface area contributed by atoms with Gasteiger partial charge in [0.1, 0.15) is 12.9 Å². The van der Waals surface area contributed by atoms with Gasteiger partial charge in [0.05, 0.1) is 10.9 Å². The first-order chi connectivity index (χ1) is 9.83. The third-order valence-corrected chi connectivity index (χ3v) is 3.78. The number of rotatable bonds is 4. The van der Waals surface area contributed by atoms with Crippen LogP contribution in [0.25, 0.3) is 10.9 Å². The first kappa shape index (κ1) is 13.3. The number of para-hydroxylation sites is 1. The molecule has 0 spiro atoms. The quantitative estimate of drug-likeness (QED) is 0.912. The fraction of sp³-hybridized carbons (Fsp3) is 0.467. The van der Waals surface area contributed by atoms with E-state index in [-0.39, 0.29) is 0 Å². The number of fused-ring (bicyclic) bond motifs is 1. The van der Waals surface area contributed by atoms with Crippen molar-refractivity contribution in [1.82, 2.24) is 14.9 Å². The minimum absolute atomic E-state index is 0.373. The molecule has 0 unspecified atom stereocenters. The molecule has 2 heterocycles. The molecule has 5 heteroatoms. The summed E-state index contributed by atoms with van der Waals surface area (Å²) < 4.78 is 5.82. The van der Waals surface area contributed by atoms with E-state index in [9.17, 15) is 0 Å². The van der Waals surface area contributed by atoms with Gasteiger partial charge in [0.25, 0.3) is 0 Å². The molecule has 1 aromatic heterocycles. The van der Waals surface area contributed by atoms with Crippen LogP contribution in [0.15, 0.2) is 30.6 Å². The number of benzene rings is 1. The van der Waals surface area contributed by atoms with Gasteiger partial charge in [-0.3, -0.25) is 4.90 Å². The second-order valence-corrected chi connectivity index (χ2v) is 5.22. The van der Waals surface area contributed by atoms with Crippen LogP contribution in [0.1, 0.15) is 12.8 Å². The van der Waals surface area contributed by atoms with Crippen molar-refractivity contribution >= 4 is 10.9 Å². The smallest absolute Gasteiger partial charge is 0.224 e. The molecule has 1 aromatic carbocycles. The number of likely N-dealkylation sites (tertiary alicyclic amines) is 1. The number of ether oxygens (including phenoxy) is 1. The highest BCUT2D eigenvalue weighted by molar-refractivity contribution is 5.82. The van der Waals surface area contributed by atoms with Gasteiger partial charge in [-0.1, -0.05) is 12.1 Å². The second kappa shape index (κ2) is 6.15. The molecule has 0 aliphatic carbocycles. The Morgan fingerprint density at radius 1 is 1.20 bits per heavy atom. The molecule has 0 atom stereocenters. The van der Waals surface area contributed by atoms with E-state index < -0.39 is 0 Å². The zero-order chi connectivity index (χ0) is 13.8. The van der Waals surface area contributed by atoms with E-state index >= 15 is 0 Å². The monoisotopic (exact) mass is 272 g/mol. The predicted molar refractivity (Wildman–Crippen MR) is 78.7 cm³/mol. The molecule has 0 saturated carbocycles. The van der Waals surface area contributed by atoms with Crippen LogP contribution in [0, 0.1) is 0 Å². The molecule has 20 heavy (non-hydrogen) atoms. The van der Waals surface area contributed by atoms with Gasteiger partial charge in [-0.25, -0.2) is 9.97 Å². The highest BCUT2D eigenvalue weighted by Gasteiger charge is 2.15. The largest absolute Gasteiger partial charge is 0.476 e. The van der Waals surface area contributed by atoms with Gasteiger partial charge in [-0.05, 0) is 38.1 Å². The third-order valence-electron chi connectivity index (χ3n) is 3.78. The summed E-state index contributed by atoms with van der Waals surface area (Å²) in [7, 11) is 0. The van der Waals surface area contributed by atoms with Gasteiger partial charge in [-0.15, -0.1) is 0 Å². The molecule has 106 valence electrons. The van der Waals surface area contributed by atoms with Crippen LogP contribution in [-0.4, -0.2) is 47.2 Å². The average Bonchev–Trinajstić information content (AvgIpc) is 2.49. The van der Waals surface area contributed by atoms with E-state index in [4.69, 9.17) is 10.5 Å². The lowest BCUT2D eigenvalue weighted by Gasteiger charge is -2.29. The van der Waals surface area contributed by atoms with Crippen LogP contribution in [0.3, 0.4) is 0 Å². The van der Waals surface area contributed by atoms with Crippen molar-refractivity contribution in [2.75, 3.05) is 26.2 Å². The summed E-state index contributed by atoms with van der Waals surface area (Å²) in [6, 6.07) is 8.28. The number of hydrogen-bond acceptors (Lipinski definition) is 5. The van der Waals surface area contributed by atoms with Crippen LogP contribution >= 0.6 is 0 Å². The molecule has 5 nitrogen and oxygen atoms in total. The number of nitrogens with zero attached hydrogens (tertiary/aromatic N) is 3. The van der Waals surface area contributed by atoms with Gasteiger partial charge in [-0.2, -0.15) is 0 Å². The van der Waals surface area contributed by atoms with E-state index in [0.717, 1.165) is 43.4 Å². The Labute approximate surface area is 118 Å². The van der Waals surface area contributed by atoms with Gasteiger partial charge in [0, 0.05) is 12.6 Å². The van der Waals surface area contributed by atoms with Crippen LogP contribution in [0.4, 0.5) is 0 Å². The average molecular weight is 272 g/mol. The maximum atomic E-state index is 5.90. The number of hydrogen-bond donors (Lipinski definition) is 1. The maximum absolute atomic E-state index is 5.90. The Hall–Kier alpha value is -1.72. The fourth-order valence-electron chi connectivity index (χ4n) is 2.54. The lowest BCUT2D eigenvalue weighted by Crippen LogP contribution is -2.41. The van der Waals surface area contributed by atoms with Crippen molar-refractivity contribution < 1.29 is 4.74 Å². The molecular weight excluding hydrogens is 252 g/mol. The number of piperidine rings is 1. The summed E-state index contributed by atoms with van der Waals surface area (Å²) >= 11 is 0. The summed E-state index contributed by atoms with van der Waals surface area (Å²) in [5.41, 5.74) is 6.82. The molecular formula is C15H20N4O. The maximum Gasteiger partial charge on any atom is 0.224 e. The predicted octanol–water partition coefficient (Wildman–Crippen LogP) is 1.43. The molecule has 2 N–H and O–H groups in total. The first-order valence-electron chi connectivity index (χ1n) is 7.13. The van der Waals surface area contributed by atoms with Gasteiger partial charge < -0.3 is 10.5 Å². The molecule has 2 aromatic rings. The molecule has 0 amide bonds. The minimum atomic E-state index is 0.373. The van der Waals surface area contributed by atoms with Crippen molar-refractivity contribution in [3.05, 3.63) is 30.6 Å². The summed E-state index contributed by atoms with van der Waals surface area (Å²) in [6.45, 7) is 3.70. The SMILES string of the molecule is NC1CCN(CCOc2ncnc3ccccc23)CC1. The molecule has 0 bridgehead atoms. The topological polar surface area (TPSA) is 64.3 Å². The van der Waals surface area contributed by atoms with Crippen molar-refractivity contribution in [2.45, 2.75) is 18.9 Å². The van der Waals surface area contributed by atoms with Crippen molar-refractivity contribution in [3.63, 3.8) is 0 Å². The summed E-state index contributed by atoms with van der Waals surface area (Å²) in [4.78, 5) is 10.9. The Bertz CT molecular complexity index is 561. The Morgan fingerprint density at radius 2 is 2.00 bits per heavy atom. The zero-order valence-corrected chi connectivity index (χ0v) is 11.5. The Balaban J connectivity index is 1.57. The fourth-order valence-corrected chi connectivity index (χ4v) is 2.54. The van der Waals surface area contributed by atoms with Crippen LogP contribution in [0.2, 0.25) is 0 Å². The molecule has 0 radical (unpaired) electrons. The summed E-state index contributed by atoms with van der Waals surface area (Å²) in [6.07, 6.45) is 3.71. The molecule has 3 rings (SSSR count). The lowest BCUT2D eigenvalue weighted by molar-refractivity contribution is 0.172. The highest BCUT2D eigenvalue weighted by Crippen LogP contribution is 2.20. The Kier molecular flexibility index (Phi) is 4.08. The van der Waals surface area contributed by atoms with Crippen LogP contribution in [-0.2, 0) is 0 Å². The number of aromatic nitrogens is 2. The Morgan fingerprint density at radius 3 is 2.85 bits per heavy atom. The van der Waals surface area contributed by atoms with E-state index in [1.54, 1.807) is 6.33 Å². The van der Waals surface area contributed by atoms with E-state index in [2.05, 4.69) is 14.9 Å². The highest BCUT2D eigenvalue weighted by atomic mass is 16.5. The third kappa shape index (κ3) is 3.05. The molecule has 1 aliphatic rings. The van der Waals surface area contributed by atoms with E-state index in [0.29, 0.717) is 18.5 Å². The minimum Gasteiger partial charge on any atom is -0.476 e.